The highest BCUT2D eigenvalue weighted by Crippen LogP contribution is 2.53. The van der Waals surface area contributed by atoms with Gasteiger partial charge in [0.2, 0.25) is 0 Å². The molecule has 1 heterocycles. The van der Waals surface area contributed by atoms with Crippen LogP contribution in [-0.4, -0.2) is 50.2 Å². The highest BCUT2D eigenvalue weighted by atomic mass is 31.2. The molecule has 0 aromatic rings. The van der Waals surface area contributed by atoms with Crippen LogP contribution in [0.3, 0.4) is 0 Å². The summed E-state index contributed by atoms with van der Waals surface area (Å²) in [4.78, 5) is 2.11. The molecule has 1 saturated heterocycles. The molecular weight excluding hydrogens is 229 g/mol. The van der Waals surface area contributed by atoms with E-state index in [9.17, 15) is 4.57 Å². The van der Waals surface area contributed by atoms with Crippen LogP contribution in [-0.2, 0) is 18.3 Å². The molecule has 0 saturated carbocycles. The van der Waals surface area contributed by atoms with Crippen molar-refractivity contribution in [3.8, 4) is 0 Å². The molecular formula is C10H22NO4P. The Morgan fingerprint density at radius 2 is 1.75 bits per heavy atom. The van der Waals surface area contributed by atoms with E-state index in [1.54, 1.807) is 0 Å². The third-order valence-electron chi connectivity index (χ3n) is 2.65. The molecule has 1 aliphatic heterocycles. The molecule has 0 bridgehead atoms. The van der Waals surface area contributed by atoms with Crippen molar-refractivity contribution in [3.63, 3.8) is 0 Å². The van der Waals surface area contributed by atoms with Crippen molar-refractivity contribution in [2.75, 3.05) is 39.5 Å². The Morgan fingerprint density at radius 1 is 1.25 bits per heavy atom. The van der Waals surface area contributed by atoms with Crippen LogP contribution in [0.5, 0.6) is 0 Å². The highest BCUT2D eigenvalue weighted by molar-refractivity contribution is 7.54. The summed E-state index contributed by atoms with van der Waals surface area (Å²) in [7, 11) is -3.01. The van der Waals surface area contributed by atoms with E-state index in [0.29, 0.717) is 26.4 Å². The van der Waals surface area contributed by atoms with Gasteiger partial charge in [-0.25, -0.2) is 0 Å². The van der Waals surface area contributed by atoms with E-state index in [1.165, 1.54) is 0 Å². The maximum atomic E-state index is 12.5. The molecule has 0 N–H and O–H groups in total. The topological polar surface area (TPSA) is 48.0 Å². The summed E-state index contributed by atoms with van der Waals surface area (Å²) in [5, 5.41) is 0. The van der Waals surface area contributed by atoms with Gasteiger partial charge in [0, 0.05) is 13.1 Å². The summed E-state index contributed by atoms with van der Waals surface area (Å²) in [6.07, 6.45) is 0. The fourth-order valence-electron chi connectivity index (χ4n) is 1.76. The van der Waals surface area contributed by atoms with Crippen LogP contribution in [0, 0.1) is 0 Å². The van der Waals surface area contributed by atoms with E-state index in [1.807, 2.05) is 20.8 Å². The van der Waals surface area contributed by atoms with E-state index in [2.05, 4.69) is 4.90 Å². The quantitative estimate of drug-likeness (QED) is 0.675. The fraction of sp³-hybridized carbons (Fsp3) is 1.00. The third kappa shape index (κ3) is 3.54. The molecule has 1 atom stereocenters. The molecule has 1 fully saturated rings. The Balaban J connectivity index is 2.64. The van der Waals surface area contributed by atoms with Crippen LogP contribution in [0.4, 0.5) is 0 Å². The predicted molar refractivity (Wildman–Crippen MR) is 62.7 cm³/mol. The molecule has 1 rings (SSSR count). The average Bonchev–Trinajstić information content (AvgIpc) is 2.30. The Bertz CT molecular complexity index is 233. The molecule has 1 aliphatic rings. The van der Waals surface area contributed by atoms with Gasteiger partial charge in [-0.3, -0.25) is 9.46 Å². The van der Waals surface area contributed by atoms with Gasteiger partial charge in [0.15, 0.2) is 0 Å². The molecule has 16 heavy (non-hydrogen) atoms. The maximum absolute atomic E-state index is 12.5. The van der Waals surface area contributed by atoms with Gasteiger partial charge in [-0.1, -0.05) is 0 Å². The van der Waals surface area contributed by atoms with Crippen LogP contribution in [0.25, 0.3) is 0 Å². The number of hydrogen-bond donors (Lipinski definition) is 0. The van der Waals surface area contributed by atoms with E-state index < -0.39 is 7.60 Å². The van der Waals surface area contributed by atoms with Gasteiger partial charge in [-0.05, 0) is 20.8 Å². The fourth-order valence-corrected chi connectivity index (χ4v) is 3.62. The van der Waals surface area contributed by atoms with E-state index in [-0.39, 0.29) is 5.78 Å². The predicted octanol–water partition coefficient (Wildman–Crippen LogP) is 1.93. The smallest absolute Gasteiger partial charge is 0.347 e. The minimum Gasteiger partial charge on any atom is -0.379 e. The molecule has 0 aliphatic carbocycles. The number of nitrogens with zero attached hydrogens (tertiary/aromatic N) is 1. The van der Waals surface area contributed by atoms with Crippen molar-refractivity contribution in [3.05, 3.63) is 0 Å². The van der Waals surface area contributed by atoms with Gasteiger partial charge < -0.3 is 13.8 Å². The van der Waals surface area contributed by atoms with Crippen molar-refractivity contribution >= 4 is 7.60 Å². The lowest BCUT2D eigenvalue weighted by Crippen LogP contribution is -2.42. The van der Waals surface area contributed by atoms with E-state index in [4.69, 9.17) is 13.8 Å². The van der Waals surface area contributed by atoms with E-state index >= 15 is 0 Å². The normalized spacial score (nSPS) is 20.9. The number of ether oxygens (including phenoxy) is 1. The van der Waals surface area contributed by atoms with Crippen molar-refractivity contribution in [1.82, 2.24) is 4.90 Å². The zero-order valence-electron chi connectivity index (χ0n) is 10.3. The van der Waals surface area contributed by atoms with Crippen LogP contribution in [0.1, 0.15) is 20.8 Å². The van der Waals surface area contributed by atoms with Crippen molar-refractivity contribution in [1.29, 1.82) is 0 Å². The second-order valence-corrected chi connectivity index (χ2v) is 6.00. The van der Waals surface area contributed by atoms with Gasteiger partial charge in [-0.15, -0.1) is 0 Å². The molecule has 6 heteroatoms. The third-order valence-corrected chi connectivity index (χ3v) is 5.13. The molecule has 0 amide bonds. The zero-order valence-corrected chi connectivity index (χ0v) is 11.2. The molecule has 0 aromatic heterocycles. The summed E-state index contributed by atoms with van der Waals surface area (Å²) in [5.74, 6) is -0.198. The first-order valence-electron chi connectivity index (χ1n) is 5.84. The van der Waals surface area contributed by atoms with Gasteiger partial charge in [-0.2, -0.15) is 0 Å². The van der Waals surface area contributed by atoms with Crippen molar-refractivity contribution < 1.29 is 18.3 Å². The SMILES string of the molecule is CCOP(=O)(OCC)C(C)N1CCOCC1. The first-order valence-corrected chi connectivity index (χ1v) is 7.45. The Labute approximate surface area is 97.6 Å². The maximum Gasteiger partial charge on any atom is 0.347 e. The number of morpholine rings is 1. The Hall–Kier alpha value is 0.0700. The van der Waals surface area contributed by atoms with Gasteiger partial charge in [0.25, 0.3) is 0 Å². The molecule has 5 nitrogen and oxygen atoms in total. The lowest BCUT2D eigenvalue weighted by Gasteiger charge is -2.35. The summed E-state index contributed by atoms with van der Waals surface area (Å²) in [5.41, 5.74) is 0. The minimum absolute atomic E-state index is 0.198. The minimum atomic E-state index is -3.01. The van der Waals surface area contributed by atoms with Gasteiger partial charge in [0.05, 0.1) is 26.4 Å². The van der Waals surface area contributed by atoms with Crippen LogP contribution < -0.4 is 0 Å². The second-order valence-electron chi connectivity index (χ2n) is 3.66. The largest absolute Gasteiger partial charge is 0.379 e. The number of rotatable bonds is 6. The second kappa shape index (κ2) is 6.72. The Morgan fingerprint density at radius 3 is 2.19 bits per heavy atom. The Kier molecular flexibility index (Phi) is 5.94. The molecule has 0 radical (unpaired) electrons. The van der Waals surface area contributed by atoms with Crippen molar-refractivity contribution in [2.45, 2.75) is 26.6 Å². The van der Waals surface area contributed by atoms with Gasteiger partial charge >= 0.3 is 7.60 Å². The summed E-state index contributed by atoms with van der Waals surface area (Å²) < 4.78 is 28.4. The van der Waals surface area contributed by atoms with Crippen LogP contribution in [0.2, 0.25) is 0 Å². The van der Waals surface area contributed by atoms with E-state index in [0.717, 1.165) is 13.1 Å². The zero-order chi connectivity index (χ0) is 12.0. The lowest BCUT2D eigenvalue weighted by molar-refractivity contribution is 0.0271. The first kappa shape index (κ1) is 14.1. The van der Waals surface area contributed by atoms with Crippen LogP contribution in [0.15, 0.2) is 0 Å². The van der Waals surface area contributed by atoms with Gasteiger partial charge in [0.1, 0.15) is 5.78 Å². The summed E-state index contributed by atoms with van der Waals surface area (Å²) in [6, 6.07) is 0. The standard InChI is InChI=1S/C10H22NO4P/c1-4-14-16(12,15-5-2)10(3)11-6-8-13-9-7-11/h10H,4-9H2,1-3H3. The van der Waals surface area contributed by atoms with Crippen LogP contribution >= 0.6 is 7.60 Å². The average molecular weight is 251 g/mol. The summed E-state index contributed by atoms with van der Waals surface area (Å²) in [6.45, 7) is 9.31. The lowest BCUT2D eigenvalue weighted by atomic mass is 10.4. The molecule has 96 valence electrons. The highest BCUT2D eigenvalue weighted by Gasteiger charge is 2.36. The first-order chi connectivity index (χ1) is 7.64. The number of hydrogen-bond acceptors (Lipinski definition) is 5. The monoisotopic (exact) mass is 251 g/mol. The molecule has 0 spiro atoms. The molecule has 0 aromatic carbocycles. The summed E-state index contributed by atoms with van der Waals surface area (Å²) >= 11 is 0. The van der Waals surface area contributed by atoms with Crippen molar-refractivity contribution in [2.24, 2.45) is 0 Å². The molecule has 1 unspecified atom stereocenters.